The highest BCUT2D eigenvalue weighted by Gasteiger charge is 2.56. The first kappa shape index (κ1) is 22.8. The third-order valence-corrected chi connectivity index (χ3v) is 8.96. The molecule has 184 valence electrons. The molecule has 4 bridgehead atoms. The minimum atomic E-state index is 0.0766. The monoisotopic (exact) mass is 471 g/mol. The van der Waals surface area contributed by atoms with Gasteiger partial charge < -0.3 is 10.0 Å². The molecule has 5 unspecified atom stereocenters. The minimum absolute atomic E-state index is 0.0766. The average molecular weight is 472 g/mol. The molecule has 6 aliphatic rings. The molecular weight excluding hydrogens is 434 g/mol. The number of hydrogen-bond acceptors (Lipinski definition) is 4. The maximum atomic E-state index is 13.1. The van der Waals surface area contributed by atoms with Crippen molar-refractivity contribution in [2.45, 2.75) is 75.2 Å². The van der Waals surface area contributed by atoms with Gasteiger partial charge in [0, 0.05) is 49.4 Å². The third-order valence-electron chi connectivity index (χ3n) is 8.96. The molecule has 0 saturated carbocycles. The van der Waals surface area contributed by atoms with Gasteiger partial charge in [0.25, 0.3) is 5.91 Å². The van der Waals surface area contributed by atoms with E-state index in [-0.39, 0.29) is 11.9 Å². The molecule has 5 heteroatoms. The van der Waals surface area contributed by atoms with Crippen LogP contribution in [0.3, 0.4) is 0 Å². The Morgan fingerprint density at radius 2 is 1.57 bits per heavy atom. The SMILES string of the molecule is C=CCN1C2CCC3C1CCC2N3C(c1ccc(C(=O)N2CCCCC2)cc1)c1cccc(O)c1. The molecule has 1 amide bonds. The molecule has 8 rings (SSSR count). The predicted octanol–water partition coefficient (Wildman–Crippen LogP) is 4.97. The van der Waals surface area contributed by atoms with E-state index in [1.54, 1.807) is 6.07 Å². The van der Waals surface area contributed by atoms with Crippen molar-refractivity contribution in [1.82, 2.24) is 14.7 Å². The summed E-state index contributed by atoms with van der Waals surface area (Å²) >= 11 is 0. The van der Waals surface area contributed by atoms with Crippen molar-refractivity contribution in [3.05, 3.63) is 77.9 Å². The van der Waals surface area contributed by atoms with Crippen LogP contribution in [0.2, 0.25) is 0 Å². The molecule has 0 spiro atoms. The number of phenols is 1. The first-order valence-electron chi connectivity index (χ1n) is 13.5. The van der Waals surface area contributed by atoms with E-state index in [0.717, 1.165) is 43.6 Å². The summed E-state index contributed by atoms with van der Waals surface area (Å²) in [4.78, 5) is 20.5. The largest absolute Gasteiger partial charge is 0.508 e. The molecule has 35 heavy (non-hydrogen) atoms. The van der Waals surface area contributed by atoms with E-state index >= 15 is 0 Å². The number of carbonyl (C=O) groups is 1. The van der Waals surface area contributed by atoms with Gasteiger partial charge in [-0.25, -0.2) is 0 Å². The van der Waals surface area contributed by atoms with E-state index in [1.807, 2.05) is 29.2 Å². The lowest BCUT2D eigenvalue weighted by atomic mass is 9.69. The lowest BCUT2D eigenvalue weighted by molar-refractivity contribution is -0.151. The standard InChI is InChI=1S/C30H37N3O2/c1-2-17-32-25-13-15-27-26(32)14-16-28(25)33(27)29(23-7-6-8-24(34)20-23)21-9-11-22(12-10-21)30(35)31-18-4-3-5-19-31/h2,6-12,20,25-29,34H,1,3-5,13-19H2. The van der Waals surface area contributed by atoms with Crippen LogP contribution in [0.1, 0.15) is 72.5 Å². The smallest absolute Gasteiger partial charge is 0.253 e. The Balaban J connectivity index is 1.34. The van der Waals surface area contributed by atoms with Crippen molar-refractivity contribution >= 4 is 5.91 Å². The van der Waals surface area contributed by atoms with Crippen LogP contribution < -0.4 is 0 Å². The molecule has 1 N–H and O–H groups in total. The molecule has 5 atom stereocenters. The van der Waals surface area contributed by atoms with Crippen LogP contribution in [0, 0.1) is 0 Å². The third kappa shape index (κ3) is 3.99. The normalized spacial score (nSPS) is 29.3. The summed E-state index contributed by atoms with van der Waals surface area (Å²) in [6.45, 7) is 6.73. The van der Waals surface area contributed by atoms with Gasteiger partial charge in [-0.15, -0.1) is 6.58 Å². The van der Waals surface area contributed by atoms with Crippen LogP contribution >= 0.6 is 0 Å². The van der Waals surface area contributed by atoms with Crippen molar-refractivity contribution in [3.8, 4) is 5.75 Å². The van der Waals surface area contributed by atoms with Gasteiger partial charge in [-0.1, -0.05) is 30.3 Å². The summed E-state index contributed by atoms with van der Waals surface area (Å²) in [6, 6.07) is 18.3. The molecule has 5 nitrogen and oxygen atoms in total. The highest BCUT2D eigenvalue weighted by Crippen LogP contribution is 2.50. The quantitative estimate of drug-likeness (QED) is 0.604. The fourth-order valence-electron chi connectivity index (χ4n) is 7.54. The van der Waals surface area contributed by atoms with Crippen molar-refractivity contribution in [1.29, 1.82) is 0 Å². The van der Waals surface area contributed by atoms with Gasteiger partial charge in [-0.05, 0) is 80.3 Å². The van der Waals surface area contributed by atoms with Crippen molar-refractivity contribution in [3.63, 3.8) is 0 Å². The topological polar surface area (TPSA) is 47.0 Å². The van der Waals surface area contributed by atoms with Crippen LogP contribution in [0.5, 0.6) is 5.75 Å². The highest BCUT2D eigenvalue weighted by molar-refractivity contribution is 5.94. The number of aromatic hydroxyl groups is 1. The summed E-state index contributed by atoms with van der Waals surface area (Å²) in [6.07, 6.45) is 10.4. The molecular formula is C30H37N3O2. The van der Waals surface area contributed by atoms with Gasteiger partial charge in [-0.3, -0.25) is 14.6 Å². The van der Waals surface area contributed by atoms with Crippen molar-refractivity contribution < 1.29 is 9.90 Å². The molecule has 0 aromatic heterocycles. The Hall–Kier alpha value is -2.63. The Kier molecular flexibility index (Phi) is 6.15. The Morgan fingerprint density at radius 1 is 0.914 bits per heavy atom. The van der Waals surface area contributed by atoms with Gasteiger partial charge in [0.1, 0.15) is 5.75 Å². The summed E-state index contributed by atoms with van der Waals surface area (Å²) < 4.78 is 0. The zero-order valence-electron chi connectivity index (χ0n) is 20.6. The summed E-state index contributed by atoms with van der Waals surface area (Å²) in [5.74, 6) is 0.464. The number of nitrogens with zero attached hydrogens (tertiary/aromatic N) is 3. The molecule has 2 aromatic rings. The Labute approximate surface area is 209 Å². The number of benzene rings is 2. The molecule has 6 aliphatic heterocycles. The second-order valence-electron chi connectivity index (χ2n) is 10.8. The van der Waals surface area contributed by atoms with E-state index in [9.17, 15) is 9.90 Å². The number of phenolic OH excluding ortho intramolecular Hbond substituents is 1. The second-order valence-corrected chi connectivity index (χ2v) is 10.8. The number of carbonyl (C=O) groups excluding carboxylic acids is 1. The van der Waals surface area contributed by atoms with Crippen LogP contribution in [0.15, 0.2) is 61.2 Å². The number of rotatable bonds is 6. The Morgan fingerprint density at radius 3 is 2.20 bits per heavy atom. The van der Waals surface area contributed by atoms with Crippen LogP contribution in [-0.2, 0) is 0 Å². The predicted molar refractivity (Wildman–Crippen MR) is 139 cm³/mol. The Bertz CT molecular complexity index is 1060. The maximum absolute atomic E-state index is 13.1. The van der Waals surface area contributed by atoms with Gasteiger partial charge >= 0.3 is 0 Å². The van der Waals surface area contributed by atoms with Gasteiger partial charge in [-0.2, -0.15) is 0 Å². The van der Waals surface area contributed by atoms with E-state index in [0.29, 0.717) is 29.9 Å². The summed E-state index contributed by atoms with van der Waals surface area (Å²) in [5.41, 5.74) is 3.12. The zero-order chi connectivity index (χ0) is 23.9. The fourth-order valence-corrected chi connectivity index (χ4v) is 7.54. The van der Waals surface area contributed by atoms with Crippen LogP contribution in [0.25, 0.3) is 0 Å². The molecule has 0 radical (unpaired) electrons. The highest BCUT2D eigenvalue weighted by atomic mass is 16.3. The summed E-state index contributed by atoms with van der Waals surface area (Å²) in [7, 11) is 0. The van der Waals surface area contributed by atoms with Crippen molar-refractivity contribution in [2.24, 2.45) is 0 Å². The maximum Gasteiger partial charge on any atom is 0.253 e. The van der Waals surface area contributed by atoms with Gasteiger partial charge in [0.05, 0.1) is 6.04 Å². The minimum Gasteiger partial charge on any atom is -0.508 e. The molecule has 0 aliphatic carbocycles. The first-order valence-corrected chi connectivity index (χ1v) is 13.5. The van der Waals surface area contributed by atoms with E-state index < -0.39 is 0 Å². The molecule has 6 fully saturated rings. The first-order chi connectivity index (χ1) is 17.2. The molecule has 2 aromatic carbocycles. The van der Waals surface area contributed by atoms with E-state index in [2.05, 4.69) is 40.7 Å². The second kappa shape index (κ2) is 9.44. The van der Waals surface area contributed by atoms with Crippen LogP contribution in [-0.4, -0.2) is 69.5 Å². The lowest BCUT2D eigenvalue weighted by Gasteiger charge is -2.66. The van der Waals surface area contributed by atoms with Crippen LogP contribution in [0.4, 0.5) is 0 Å². The lowest BCUT2D eigenvalue weighted by Crippen LogP contribution is -2.75. The van der Waals surface area contributed by atoms with Crippen molar-refractivity contribution in [2.75, 3.05) is 19.6 Å². The number of piperidine rings is 5. The van der Waals surface area contributed by atoms with Gasteiger partial charge in [0.2, 0.25) is 0 Å². The number of piperazine rings is 1. The fraction of sp³-hybridized carbons (Fsp3) is 0.500. The molecule has 6 heterocycles. The van der Waals surface area contributed by atoms with E-state index in [4.69, 9.17) is 0 Å². The number of fused-ring (bicyclic) bond motifs is 2. The zero-order valence-corrected chi connectivity index (χ0v) is 20.6. The van der Waals surface area contributed by atoms with Gasteiger partial charge in [0.15, 0.2) is 0 Å². The summed E-state index contributed by atoms with van der Waals surface area (Å²) in [5, 5.41) is 10.4. The number of amides is 1. The average Bonchev–Trinajstić information content (AvgIpc) is 2.90. The van der Waals surface area contributed by atoms with E-state index in [1.165, 1.54) is 37.7 Å². The number of hydrogen-bond donors (Lipinski definition) is 1. The molecule has 6 saturated heterocycles. The number of likely N-dealkylation sites (tertiary alicyclic amines) is 1.